The van der Waals surface area contributed by atoms with E-state index < -0.39 is 0 Å². The second-order valence-electron chi connectivity index (χ2n) is 6.70. The monoisotopic (exact) mass is 334 g/mol. The van der Waals surface area contributed by atoms with E-state index >= 15 is 0 Å². The van der Waals surface area contributed by atoms with Crippen molar-refractivity contribution in [3.8, 4) is 34.1 Å². The number of fused-ring (bicyclic) bond motifs is 8. The van der Waals surface area contributed by atoms with Crippen LogP contribution < -0.4 is 23.8 Å². The Morgan fingerprint density at radius 3 is 2.48 bits per heavy atom. The molecule has 0 fully saturated rings. The molecule has 5 nitrogen and oxygen atoms in total. The van der Waals surface area contributed by atoms with Gasteiger partial charge in [0.1, 0.15) is 12.2 Å². The average Bonchev–Trinajstić information content (AvgIpc) is 3.28. The highest BCUT2D eigenvalue weighted by Crippen LogP contribution is 2.46. The molecular weight excluding hydrogens is 318 g/mol. The second kappa shape index (κ2) is 4.58. The molecule has 0 aliphatic carbocycles. The number of hydrogen-bond acceptors (Lipinski definition) is 4. The van der Waals surface area contributed by atoms with E-state index in [1.54, 1.807) is 0 Å². The van der Waals surface area contributed by atoms with Crippen molar-refractivity contribution < 1.29 is 23.8 Å². The summed E-state index contributed by atoms with van der Waals surface area (Å²) in [7, 11) is 2.20. The van der Waals surface area contributed by atoms with Crippen LogP contribution in [-0.4, -0.2) is 20.6 Å². The van der Waals surface area contributed by atoms with Crippen LogP contribution in [0, 0.1) is 0 Å². The molecule has 1 N–H and O–H groups in total. The lowest BCUT2D eigenvalue weighted by Crippen LogP contribution is -3.03. The zero-order chi connectivity index (χ0) is 16.5. The number of rotatable bonds is 0. The van der Waals surface area contributed by atoms with E-state index in [1.807, 2.05) is 6.07 Å². The Morgan fingerprint density at radius 2 is 1.56 bits per heavy atom. The molecule has 3 aromatic carbocycles. The molecule has 124 valence electrons. The molecule has 0 amide bonds. The zero-order valence-electron chi connectivity index (χ0n) is 13.7. The highest BCUT2D eigenvalue weighted by molar-refractivity contribution is 6.01. The smallest absolute Gasteiger partial charge is 0.231 e. The Kier molecular flexibility index (Phi) is 2.45. The Hall–Kier alpha value is -2.92. The number of nitrogens with one attached hydrogen (secondary N) is 1. The summed E-state index contributed by atoms with van der Waals surface area (Å²) in [6.07, 6.45) is 0. The largest absolute Gasteiger partial charge is 0.454 e. The molecular formula is C20H16NO4+. The highest BCUT2D eigenvalue weighted by Gasteiger charge is 2.32. The predicted octanol–water partition coefficient (Wildman–Crippen LogP) is 2.62. The summed E-state index contributed by atoms with van der Waals surface area (Å²) in [5.74, 6) is 3.39. The summed E-state index contributed by atoms with van der Waals surface area (Å²) < 4.78 is 22.4. The van der Waals surface area contributed by atoms with Crippen LogP contribution in [-0.2, 0) is 6.54 Å². The van der Waals surface area contributed by atoms with Crippen LogP contribution in [0.15, 0.2) is 36.4 Å². The van der Waals surface area contributed by atoms with Crippen molar-refractivity contribution in [3.63, 3.8) is 0 Å². The number of hydrogen-bond donors (Lipinski definition) is 1. The first-order valence-corrected chi connectivity index (χ1v) is 8.40. The van der Waals surface area contributed by atoms with Gasteiger partial charge < -0.3 is 18.9 Å². The Morgan fingerprint density at radius 1 is 0.800 bits per heavy atom. The quantitative estimate of drug-likeness (QED) is 0.686. The van der Waals surface area contributed by atoms with Gasteiger partial charge in [-0.3, -0.25) is 4.90 Å². The van der Waals surface area contributed by atoms with Crippen LogP contribution in [0.25, 0.3) is 21.9 Å². The lowest BCUT2D eigenvalue weighted by molar-refractivity contribution is -0.824. The van der Waals surface area contributed by atoms with Gasteiger partial charge in [0, 0.05) is 16.5 Å². The van der Waals surface area contributed by atoms with Crippen LogP contribution in [0.1, 0.15) is 5.56 Å². The van der Waals surface area contributed by atoms with Crippen molar-refractivity contribution in [2.45, 2.75) is 6.54 Å². The summed E-state index contributed by atoms with van der Waals surface area (Å²) >= 11 is 0. The number of quaternary nitrogens is 1. The molecule has 1 unspecified atom stereocenters. The van der Waals surface area contributed by atoms with Gasteiger partial charge in [-0.05, 0) is 35.7 Å². The van der Waals surface area contributed by atoms with Crippen molar-refractivity contribution in [2.75, 3.05) is 20.6 Å². The summed E-state index contributed by atoms with van der Waals surface area (Å²) in [6.45, 7) is 1.46. The van der Waals surface area contributed by atoms with Crippen molar-refractivity contribution in [3.05, 3.63) is 42.0 Å². The van der Waals surface area contributed by atoms with Gasteiger partial charge in [-0.25, -0.2) is 0 Å². The minimum Gasteiger partial charge on any atom is -0.454 e. The fraction of sp³-hybridized carbons (Fsp3) is 0.200. The average molecular weight is 334 g/mol. The molecule has 0 spiro atoms. The van der Waals surface area contributed by atoms with E-state index in [2.05, 4.69) is 37.4 Å². The second-order valence-corrected chi connectivity index (χ2v) is 6.70. The molecule has 3 aliphatic heterocycles. The van der Waals surface area contributed by atoms with Crippen LogP contribution in [0.5, 0.6) is 23.0 Å². The van der Waals surface area contributed by atoms with Gasteiger partial charge in [0.25, 0.3) is 0 Å². The molecule has 1 atom stereocenters. The minimum absolute atomic E-state index is 0.294. The molecule has 3 aliphatic rings. The van der Waals surface area contributed by atoms with E-state index in [4.69, 9.17) is 18.9 Å². The lowest BCUT2D eigenvalue weighted by Gasteiger charge is -2.26. The summed E-state index contributed by atoms with van der Waals surface area (Å²) in [6, 6.07) is 12.7. The number of ether oxygens (including phenoxy) is 4. The van der Waals surface area contributed by atoms with Crippen LogP contribution in [0.3, 0.4) is 0 Å². The molecule has 3 heterocycles. The molecule has 0 radical (unpaired) electrons. The van der Waals surface area contributed by atoms with Crippen molar-refractivity contribution >= 4 is 16.5 Å². The van der Waals surface area contributed by atoms with E-state index in [0.717, 1.165) is 29.5 Å². The fourth-order valence-corrected chi connectivity index (χ4v) is 4.21. The van der Waals surface area contributed by atoms with Crippen LogP contribution >= 0.6 is 0 Å². The van der Waals surface area contributed by atoms with Gasteiger partial charge in [-0.2, -0.15) is 0 Å². The standard InChI is InChI=1S/C20H15NO4/c1-21-8-15-12(4-5-16-20(15)25-10-22-16)13-3-2-11-6-17-18(24-9-23-17)7-14(11)19(13)21/h2-7H,8-10H2,1H3/p+1. The third kappa shape index (κ3) is 1.71. The van der Waals surface area contributed by atoms with E-state index in [-0.39, 0.29) is 0 Å². The normalized spacial score (nSPS) is 19.0. The maximum atomic E-state index is 5.74. The van der Waals surface area contributed by atoms with Gasteiger partial charge in [0.2, 0.25) is 13.6 Å². The molecule has 0 saturated heterocycles. The summed E-state index contributed by atoms with van der Waals surface area (Å²) in [5, 5.41) is 2.38. The van der Waals surface area contributed by atoms with Crippen molar-refractivity contribution in [2.24, 2.45) is 0 Å². The van der Waals surface area contributed by atoms with E-state index in [0.29, 0.717) is 13.6 Å². The SMILES string of the molecule is C[NH+]1Cc2c(ccc3c2OCO3)-c2ccc3cc4c(cc3c21)OCO4. The van der Waals surface area contributed by atoms with Crippen molar-refractivity contribution in [1.82, 2.24) is 0 Å². The predicted molar refractivity (Wildman–Crippen MR) is 91.9 cm³/mol. The molecule has 0 bridgehead atoms. The van der Waals surface area contributed by atoms with Crippen LogP contribution in [0.2, 0.25) is 0 Å². The fourth-order valence-electron chi connectivity index (χ4n) is 4.21. The molecule has 0 aromatic heterocycles. The van der Waals surface area contributed by atoms with E-state index in [1.165, 1.54) is 38.1 Å². The summed E-state index contributed by atoms with van der Waals surface area (Å²) in [4.78, 5) is 1.33. The van der Waals surface area contributed by atoms with Gasteiger partial charge >= 0.3 is 0 Å². The molecule has 25 heavy (non-hydrogen) atoms. The first-order chi connectivity index (χ1) is 12.3. The topological polar surface area (TPSA) is 41.4 Å². The maximum Gasteiger partial charge on any atom is 0.231 e. The Labute approximate surface area is 144 Å². The molecule has 0 saturated carbocycles. The first kappa shape index (κ1) is 13.4. The molecule has 3 aromatic rings. The molecule has 6 rings (SSSR count). The zero-order valence-corrected chi connectivity index (χ0v) is 13.7. The summed E-state index contributed by atoms with van der Waals surface area (Å²) in [5.41, 5.74) is 4.98. The van der Waals surface area contributed by atoms with Gasteiger partial charge in [0.15, 0.2) is 23.0 Å². The molecule has 5 heteroatoms. The highest BCUT2D eigenvalue weighted by atomic mass is 16.7. The third-order valence-electron chi connectivity index (χ3n) is 5.31. The Bertz CT molecular complexity index is 1060. The van der Waals surface area contributed by atoms with Crippen LogP contribution in [0.4, 0.5) is 5.69 Å². The number of benzene rings is 3. The maximum absolute atomic E-state index is 5.74. The van der Waals surface area contributed by atoms with Crippen molar-refractivity contribution in [1.29, 1.82) is 0 Å². The lowest BCUT2D eigenvalue weighted by atomic mass is 9.90. The van der Waals surface area contributed by atoms with E-state index in [9.17, 15) is 0 Å². The Balaban J connectivity index is 1.66. The first-order valence-electron chi connectivity index (χ1n) is 8.40. The van der Waals surface area contributed by atoms with Gasteiger partial charge in [0.05, 0.1) is 12.6 Å². The van der Waals surface area contributed by atoms with Gasteiger partial charge in [-0.15, -0.1) is 0 Å². The van der Waals surface area contributed by atoms with Gasteiger partial charge in [-0.1, -0.05) is 6.07 Å². The third-order valence-corrected chi connectivity index (χ3v) is 5.31. The minimum atomic E-state index is 0.294.